The maximum atomic E-state index is 13.2. The van der Waals surface area contributed by atoms with Gasteiger partial charge in [0.2, 0.25) is 0 Å². The first-order valence-electron chi connectivity index (χ1n) is 7.00. The molecule has 2 nitrogen and oxygen atoms in total. The monoisotopic (exact) mass is 263 g/mol. The Balaban J connectivity index is 2.07. The van der Waals surface area contributed by atoms with Crippen LogP contribution in [0, 0.1) is 18.2 Å². The molecule has 1 aromatic rings. The fourth-order valence-corrected chi connectivity index (χ4v) is 2.56. The van der Waals surface area contributed by atoms with Gasteiger partial charge in [-0.25, -0.2) is 4.39 Å². The van der Waals surface area contributed by atoms with E-state index in [2.05, 4.69) is 13.8 Å². The first-order chi connectivity index (χ1) is 8.95. The number of benzene rings is 1. The summed E-state index contributed by atoms with van der Waals surface area (Å²) in [6, 6.07) is 4.60. The van der Waals surface area contributed by atoms with Crippen LogP contribution >= 0.6 is 0 Å². The minimum absolute atomic E-state index is 0.0289. The summed E-state index contributed by atoms with van der Waals surface area (Å²) in [5.74, 6) is -0.227. The second-order valence-electron chi connectivity index (χ2n) is 5.92. The first kappa shape index (κ1) is 14.0. The van der Waals surface area contributed by atoms with Gasteiger partial charge in [-0.1, -0.05) is 20.3 Å². The Morgan fingerprint density at radius 1 is 1.37 bits per heavy atom. The van der Waals surface area contributed by atoms with Gasteiger partial charge in [-0.2, -0.15) is 0 Å². The van der Waals surface area contributed by atoms with Crippen LogP contribution in [-0.2, 0) is 0 Å². The van der Waals surface area contributed by atoms with E-state index >= 15 is 0 Å². The zero-order valence-electron chi connectivity index (χ0n) is 12.0. The molecule has 0 spiro atoms. The molecule has 1 saturated heterocycles. The predicted octanol–water partition coefficient (Wildman–Crippen LogP) is 3.79. The molecule has 0 bridgehead atoms. The lowest BCUT2D eigenvalue weighted by atomic mass is 9.78. The molecule has 3 heteroatoms. The van der Waals surface area contributed by atoms with Gasteiger partial charge < -0.3 is 4.90 Å². The highest BCUT2D eigenvalue weighted by atomic mass is 19.1. The molecule has 0 radical (unpaired) electrons. The van der Waals surface area contributed by atoms with E-state index in [0.29, 0.717) is 16.5 Å². The van der Waals surface area contributed by atoms with Crippen LogP contribution in [0.2, 0.25) is 0 Å². The number of nitrogens with zero attached hydrogens (tertiary/aromatic N) is 1. The standard InChI is InChI=1S/C16H22FNO/c1-4-16(3)7-9-18(10-8-16)15(19)13-5-6-14(17)12(2)11-13/h5-6,11H,4,7-10H2,1-3H3. The van der Waals surface area contributed by atoms with Crippen LogP contribution in [0.1, 0.15) is 49.0 Å². The lowest BCUT2D eigenvalue weighted by Crippen LogP contribution is -2.41. The molecule has 1 aliphatic heterocycles. The predicted molar refractivity (Wildman–Crippen MR) is 74.7 cm³/mol. The Morgan fingerprint density at radius 3 is 2.53 bits per heavy atom. The summed E-state index contributed by atoms with van der Waals surface area (Å²) in [6.07, 6.45) is 3.26. The van der Waals surface area contributed by atoms with Gasteiger partial charge in [-0.15, -0.1) is 0 Å². The molecule has 0 atom stereocenters. The summed E-state index contributed by atoms with van der Waals surface area (Å²) in [7, 11) is 0. The summed E-state index contributed by atoms with van der Waals surface area (Å²) in [5, 5.41) is 0. The Hall–Kier alpha value is -1.38. The van der Waals surface area contributed by atoms with Gasteiger partial charge in [-0.3, -0.25) is 4.79 Å². The molecular formula is C16H22FNO. The van der Waals surface area contributed by atoms with Crippen LogP contribution in [0.5, 0.6) is 0 Å². The van der Waals surface area contributed by atoms with Gasteiger partial charge in [0.1, 0.15) is 5.82 Å². The van der Waals surface area contributed by atoms with Crippen molar-refractivity contribution < 1.29 is 9.18 Å². The molecule has 0 aliphatic carbocycles. The van der Waals surface area contributed by atoms with Crippen LogP contribution in [0.4, 0.5) is 4.39 Å². The highest BCUT2D eigenvalue weighted by Gasteiger charge is 2.30. The number of carbonyl (C=O) groups excluding carboxylic acids is 1. The molecular weight excluding hydrogens is 241 g/mol. The van der Waals surface area contributed by atoms with Crippen LogP contribution < -0.4 is 0 Å². The Labute approximate surface area is 114 Å². The molecule has 1 fully saturated rings. The summed E-state index contributed by atoms with van der Waals surface area (Å²) >= 11 is 0. The number of aryl methyl sites for hydroxylation is 1. The van der Waals surface area contributed by atoms with E-state index in [1.807, 2.05) is 4.90 Å². The van der Waals surface area contributed by atoms with E-state index in [1.165, 1.54) is 6.07 Å². The normalized spacial score (nSPS) is 18.4. The molecule has 19 heavy (non-hydrogen) atoms. The van der Waals surface area contributed by atoms with Crippen LogP contribution in [0.3, 0.4) is 0 Å². The molecule has 1 heterocycles. The van der Waals surface area contributed by atoms with Gasteiger partial charge in [0.05, 0.1) is 0 Å². The number of piperidine rings is 1. The molecule has 1 aromatic carbocycles. The average molecular weight is 263 g/mol. The van der Waals surface area contributed by atoms with Crippen molar-refractivity contribution in [3.63, 3.8) is 0 Å². The van der Waals surface area contributed by atoms with Gasteiger partial charge >= 0.3 is 0 Å². The minimum Gasteiger partial charge on any atom is -0.339 e. The molecule has 0 aromatic heterocycles. The zero-order chi connectivity index (χ0) is 14.0. The van der Waals surface area contributed by atoms with Gasteiger partial charge in [-0.05, 0) is 48.9 Å². The molecule has 2 rings (SSSR count). The van der Waals surface area contributed by atoms with Gasteiger partial charge in [0.15, 0.2) is 0 Å². The van der Waals surface area contributed by atoms with Crippen molar-refractivity contribution in [1.82, 2.24) is 4.90 Å². The van der Waals surface area contributed by atoms with Crippen molar-refractivity contribution in [2.45, 2.75) is 40.0 Å². The van der Waals surface area contributed by atoms with Crippen molar-refractivity contribution >= 4 is 5.91 Å². The van der Waals surface area contributed by atoms with E-state index in [9.17, 15) is 9.18 Å². The van der Waals surface area contributed by atoms with Crippen LogP contribution in [0.25, 0.3) is 0 Å². The molecule has 104 valence electrons. The maximum Gasteiger partial charge on any atom is 0.253 e. The number of rotatable bonds is 2. The Bertz CT molecular complexity index is 476. The minimum atomic E-state index is -0.256. The van der Waals surface area contributed by atoms with Crippen LogP contribution in [-0.4, -0.2) is 23.9 Å². The quantitative estimate of drug-likeness (QED) is 0.795. The fraction of sp³-hybridized carbons (Fsp3) is 0.562. The van der Waals surface area contributed by atoms with E-state index in [4.69, 9.17) is 0 Å². The lowest BCUT2D eigenvalue weighted by molar-refractivity contribution is 0.0600. The van der Waals surface area contributed by atoms with E-state index < -0.39 is 0 Å². The van der Waals surface area contributed by atoms with E-state index in [1.54, 1.807) is 19.1 Å². The van der Waals surface area contributed by atoms with Crippen molar-refractivity contribution in [3.05, 3.63) is 35.1 Å². The smallest absolute Gasteiger partial charge is 0.253 e. The Morgan fingerprint density at radius 2 is 2.00 bits per heavy atom. The topological polar surface area (TPSA) is 20.3 Å². The van der Waals surface area contributed by atoms with Crippen molar-refractivity contribution in [2.24, 2.45) is 5.41 Å². The third-order valence-electron chi connectivity index (χ3n) is 4.52. The number of halogens is 1. The average Bonchev–Trinajstić information content (AvgIpc) is 2.42. The molecule has 0 N–H and O–H groups in total. The number of carbonyl (C=O) groups is 1. The van der Waals surface area contributed by atoms with Gasteiger partial charge in [0, 0.05) is 18.7 Å². The second kappa shape index (κ2) is 5.32. The largest absolute Gasteiger partial charge is 0.339 e. The third kappa shape index (κ3) is 2.96. The zero-order valence-corrected chi connectivity index (χ0v) is 12.0. The maximum absolute atomic E-state index is 13.2. The summed E-state index contributed by atoms with van der Waals surface area (Å²) in [4.78, 5) is 14.3. The first-order valence-corrected chi connectivity index (χ1v) is 7.00. The van der Waals surface area contributed by atoms with Gasteiger partial charge in [0.25, 0.3) is 5.91 Å². The van der Waals surface area contributed by atoms with E-state index in [0.717, 1.165) is 32.4 Å². The molecule has 0 saturated carbocycles. The Kier molecular flexibility index (Phi) is 3.93. The summed E-state index contributed by atoms with van der Waals surface area (Å²) < 4.78 is 13.2. The molecule has 1 aliphatic rings. The number of likely N-dealkylation sites (tertiary alicyclic amines) is 1. The second-order valence-corrected chi connectivity index (χ2v) is 5.92. The highest BCUT2D eigenvalue weighted by Crippen LogP contribution is 2.34. The third-order valence-corrected chi connectivity index (χ3v) is 4.52. The fourth-order valence-electron chi connectivity index (χ4n) is 2.56. The van der Waals surface area contributed by atoms with Crippen molar-refractivity contribution in [3.8, 4) is 0 Å². The lowest BCUT2D eigenvalue weighted by Gasteiger charge is -2.39. The highest BCUT2D eigenvalue weighted by molar-refractivity contribution is 5.94. The molecule has 1 amide bonds. The summed E-state index contributed by atoms with van der Waals surface area (Å²) in [5.41, 5.74) is 1.50. The number of hydrogen-bond acceptors (Lipinski definition) is 1. The van der Waals surface area contributed by atoms with Crippen LogP contribution in [0.15, 0.2) is 18.2 Å². The SMILES string of the molecule is CCC1(C)CCN(C(=O)c2ccc(F)c(C)c2)CC1. The van der Waals surface area contributed by atoms with Crippen molar-refractivity contribution in [2.75, 3.05) is 13.1 Å². The number of hydrogen-bond donors (Lipinski definition) is 0. The molecule has 0 unspecified atom stereocenters. The summed E-state index contributed by atoms with van der Waals surface area (Å²) in [6.45, 7) is 7.80. The number of amides is 1. The van der Waals surface area contributed by atoms with Crippen molar-refractivity contribution in [1.29, 1.82) is 0 Å². The van der Waals surface area contributed by atoms with E-state index in [-0.39, 0.29) is 11.7 Å².